The van der Waals surface area contributed by atoms with Crippen LogP contribution in [0.5, 0.6) is 0 Å². The number of ether oxygens (including phenoxy) is 1. The van der Waals surface area contributed by atoms with Crippen LogP contribution in [0, 0.1) is 0 Å². The molecule has 0 saturated heterocycles. The minimum atomic E-state index is -0.661. The number of carbonyl (C=O) groups excluding carboxylic acids is 1. The molecule has 0 unspecified atom stereocenters. The minimum absolute atomic E-state index is 0.0104. The van der Waals surface area contributed by atoms with Crippen molar-refractivity contribution in [1.82, 2.24) is 0 Å². The van der Waals surface area contributed by atoms with Gasteiger partial charge in [0.25, 0.3) is 0 Å². The van der Waals surface area contributed by atoms with Crippen LogP contribution < -0.4 is 0 Å². The molecular weight excluding hydrogens is 132 g/mol. The van der Waals surface area contributed by atoms with Gasteiger partial charge in [-0.05, 0) is 6.42 Å². The Morgan fingerprint density at radius 2 is 2.20 bits per heavy atom. The summed E-state index contributed by atoms with van der Waals surface area (Å²) in [4.78, 5) is 10.3. The first kappa shape index (κ1) is 9.59. The zero-order chi connectivity index (χ0) is 7.82. The van der Waals surface area contributed by atoms with E-state index < -0.39 is 6.61 Å². The van der Waals surface area contributed by atoms with Crippen molar-refractivity contribution in [3.8, 4) is 0 Å². The van der Waals surface area contributed by atoms with E-state index in [-0.39, 0.29) is 12.4 Å². The first-order valence-corrected chi connectivity index (χ1v) is 3.48. The summed E-state index contributed by atoms with van der Waals surface area (Å²) < 4.78 is 4.88. The van der Waals surface area contributed by atoms with Crippen LogP contribution in [-0.2, 0) is 14.6 Å². The summed E-state index contributed by atoms with van der Waals surface area (Å²) >= 11 is 0. The highest BCUT2D eigenvalue weighted by Gasteiger charge is 1.98. The molecule has 0 aliphatic rings. The number of hydrogen-bond donors (Lipinski definition) is 0. The molecule has 0 atom stereocenters. The van der Waals surface area contributed by atoms with Crippen molar-refractivity contribution in [3.63, 3.8) is 0 Å². The van der Waals surface area contributed by atoms with Crippen LogP contribution in [0.4, 0.5) is 0 Å². The molecule has 0 aromatic rings. The molecule has 3 nitrogen and oxygen atoms in total. The Morgan fingerprint density at radius 3 is 2.70 bits per heavy atom. The van der Waals surface area contributed by atoms with Crippen LogP contribution in [0.2, 0.25) is 0 Å². The van der Waals surface area contributed by atoms with Crippen molar-refractivity contribution < 1.29 is 14.6 Å². The lowest BCUT2D eigenvalue weighted by atomic mass is 10.4. The van der Waals surface area contributed by atoms with Gasteiger partial charge in [0.1, 0.15) is 13.2 Å². The maximum atomic E-state index is 10.3. The molecule has 59 valence electrons. The van der Waals surface area contributed by atoms with E-state index in [4.69, 9.17) is 4.74 Å². The molecule has 3 heteroatoms. The molecule has 0 fully saturated rings. The summed E-state index contributed by atoms with van der Waals surface area (Å²) in [6.45, 7) is 1.96. The molecule has 0 heterocycles. The van der Waals surface area contributed by atoms with Crippen LogP contribution >= 0.6 is 0 Å². The molecule has 1 radical (unpaired) electrons. The first-order chi connectivity index (χ1) is 4.81. The molecule has 0 aromatic heterocycles. The van der Waals surface area contributed by atoms with Crippen molar-refractivity contribution >= 4 is 5.78 Å². The Labute approximate surface area is 61.0 Å². The average Bonchev–Trinajstić information content (AvgIpc) is 1.98. The number of Topliss-reactive ketones (excluding diaryl/α,β-unsaturated/α-hetero) is 1. The van der Waals surface area contributed by atoms with Gasteiger partial charge in [-0.3, -0.25) is 4.79 Å². The van der Waals surface area contributed by atoms with Crippen LogP contribution in [0.1, 0.15) is 19.8 Å². The van der Waals surface area contributed by atoms with Gasteiger partial charge in [-0.2, -0.15) is 0 Å². The third kappa shape index (κ3) is 5.72. The van der Waals surface area contributed by atoms with Crippen molar-refractivity contribution in [1.29, 1.82) is 0 Å². The normalized spacial score (nSPS) is 9.80. The summed E-state index contributed by atoms with van der Waals surface area (Å²) in [5.74, 6) is -0.365. The summed E-state index contributed by atoms with van der Waals surface area (Å²) in [6.07, 6.45) is 2.00. The van der Waals surface area contributed by atoms with Gasteiger partial charge in [0.2, 0.25) is 0 Å². The monoisotopic (exact) mass is 145 g/mol. The van der Waals surface area contributed by atoms with E-state index in [9.17, 15) is 9.90 Å². The lowest BCUT2D eigenvalue weighted by molar-refractivity contribution is -0.128. The average molecular weight is 145 g/mol. The number of unbranched alkanes of at least 4 members (excludes halogenated alkanes) is 1. The number of hydrogen-bond acceptors (Lipinski definition) is 2. The summed E-state index contributed by atoms with van der Waals surface area (Å²) in [7, 11) is 0. The van der Waals surface area contributed by atoms with Crippen LogP contribution in [0.25, 0.3) is 0 Å². The van der Waals surface area contributed by atoms with Gasteiger partial charge in [0.05, 0.1) is 0 Å². The molecule has 0 rings (SSSR count). The number of carbonyl (C=O) groups is 1. The molecule has 0 N–H and O–H groups in total. The Hall–Kier alpha value is -0.410. The van der Waals surface area contributed by atoms with E-state index in [0.29, 0.717) is 6.61 Å². The highest BCUT2D eigenvalue weighted by atomic mass is 16.5. The summed E-state index contributed by atoms with van der Waals surface area (Å²) in [6, 6.07) is 0. The quantitative estimate of drug-likeness (QED) is 0.519. The van der Waals surface area contributed by atoms with Gasteiger partial charge in [-0.25, -0.2) is 5.11 Å². The van der Waals surface area contributed by atoms with Gasteiger partial charge >= 0.3 is 0 Å². The Morgan fingerprint density at radius 1 is 1.50 bits per heavy atom. The van der Waals surface area contributed by atoms with Crippen LogP contribution in [0.15, 0.2) is 0 Å². The van der Waals surface area contributed by atoms with Gasteiger partial charge in [0, 0.05) is 6.61 Å². The van der Waals surface area contributed by atoms with E-state index in [0.717, 1.165) is 12.8 Å². The smallest absolute Gasteiger partial charge is 0.187 e. The fourth-order valence-electron chi connectivity index (χ4n) is 0.474. The molecule has 0 spiro atoms. The highest BCUT2D eigenvalue weighted by Crippen LogP contribution is 1.87. The predicted octanol–water partition coefficient (Wildman–Crippen LogP) is 0.803. The maximum Gasteiger partial charge on any atom is 0.187 e. The van der Waals surface area contributed by atoms with Gasteiger partial charge in [-0.15, -0.1) is 0 Å². The van der Waals surface area contributed by atoms with Crippen molar-refractivity contribution in [3.05, 3.63) is 0 Å². The second kappa shape index (κ2) is 6.71. The Kier molecular flexibility index (Phi) is 6.43. The molecule has 0 aromatic carbocycles. The molecule has 10 heavy (non-hydrogen) atoms. The second-order valence-corrected chi connectivity index (χ2v) is 2.09. The Bertz CT molecular complexity index is 90.9. The second-order valence-electron chi connectivity index (χ2n) is 2.09. The topological polar surface area (TPSA) is 46.2 Å². The van der Waals surface area contributed by atoms with Crippen molar-refractivity contribution in [2.75, 3.05) is 19.8 Å². The molecule has 0 bridgehead atoms. The summed E-state index contributed by atoms with van der Waals surface area (Å²) in [5.41, 5.74) is 0. The van der Waals surface area contributed by atoms with E-state index in [1.54, 1.807) is 0 Å². The SMILES string of the molecule is CCCCOCC(=O)C[O]. The van der Waals surface area contributed by atoms with Gasteiger partial charge in [-0.1, -0.05) is 13.3 Å². The first-order valence-electron chi connectivity index (χ1n) is 3.48. The number of rotatable bonds is 6. The molecule has 0 aliphatic carbocycles. The van der Waals surface area contributed by atoms with Crippen LogP contribution in [-0.4, -0.2) is 25.6 Å². The maximum absolute atomic E-state index is 10.3. The molecule has 0 saturated carbocycles. The zero-order valence-electron chi connectivity index (χ0n) is 6.26. The lowest BCUT2D eigenvalue weighted by Gasteiger charge is -1.98. The fourth-order valence-corrected chi connectivity index (χ4v) is 0.474. The third-order valence-corrected chi connectivity index (χ3v) is 1.07. The highest BCUT2D eigenvalue weighted by molar-refractivity contribution is 5.80. The van der Waals surface area contributed by atoms with Gasteiger partial charge < -0.3 is 4.74 Å². The largest absolute Gasteiger partial charge is 0.374 e. The zero-order valence-corrected chi connectivity index (χ0v) is 6.26. The molecular formula is C7H13O3. The molecule has 0 aliphatic heterocycles. The predicted molar refractivity (Wildman–Crippen MR) is 36.3 cm³/mol. The molecule has 0 amide bonds. The van der Waals surface area contributed by atoms with Crippen LogP contribution in [0.3, 0.4) is 0 Å². The standard InChI is InChI=1S/C7H13O3/c1-2-3-4-10-6-7(9)5-8/h2-6H2,1H3. The van der Waals surface area contributed by atoms with E-state index in [1.807, 2.05) is 6.92 Å². The fraction of sp³-hybridized carbons (Fsp3) is 0.857. The van der Waals surface area contributed by atoms with Gasteiger partial charge in [0.15, 0.2) is 5.78 Å². The summed E-state index contributed by atoms with van der Waals surface area (Å²) in [5, 5.41) is 9.86. The minimum Gasteiger partial charge on any atom is -0.374 e. The van der Waals surface area contributed by atoms with Crippen molar-refractivity contribution in [2.24, 2.45) is 0 Å². The Balaban J connectivity index is 2.96. The third-order valence-electron chi connectivity index (χ3n) is 1.07. The van der Waals surface area contributed by atoms with E-state index in [1.165, 1.54) is 0 Å². The number of ketones is 1. The lowest BCUT2D eigenvalue weighted by Crippen LogP contribution is -2.12. The van der Waals surface area contributed by atoms with E-state index >= 15 is 0 Å². The van der Waals surface area contributed by atoms with Crippen molar-refractivity contribution in [2.45, 2.75) is 19.8 Å². The van der Waals surface area contributed by atoms with E-state index in [2.05, 4.69) is 0 Å².